The molecule has 1 atom stereocenters. The zero-order valence-electron chi connectivity index (χ0n) is 12.1. The third-order valence-corrected chi connectivity index (χ3v) is 3.55. The van der Waals surface area contributed by atoms with E-state index in [0.29, 0.717) is 26.2 Å². The van der Waals surface area contributed by atoms with Crippen LogP contribution in [0.1, 0.15) is 20.8 Å². The maximum absolute atomic E-state index is 12.0. The predicted molar refractivity (Wildman–Crippen MR) is 78.7 cm³/mol. The Morgan fingerprint density at radius 3 is 2.50 bits per heavy atom. The lowest BCUT2D eigenvalue weighted by atomic mass is 10.2. The van der Waals surface area contributed by atoms with Crippen LogP contribution in [0.2, 0.25) is 0 Å². The smallest absolute Gasteiger partial charge is 0.410 e. The number of rotatable bonds is 1. The number of ether oxygens (including phenoxy) is 1. The minimum absolute atomic E-state index is 0.273. The van der Waals surface area contributed by atoms with Gasteiger partial charge in [-0.1, -0.05) is 11.6 Å². The molecule has 2 aliphatic heterocycles. The van der Waals surface area contributed by atoms with Crippen molar-refractivity contribution in [2.45, 2.75) is 31.5 Å². The highest BCUT2D eigenvalue weighted by Gasteiger charge is 2.36. The molecule has 7 heteroatoms. The molecule has 0 bridgehead atoms. The van der Waals surface area contributed by atoms with Gasteiger partial charge in [0.2, 0.25) is 5.12 Å². The van der Waals surface area contributed by atoms with Gasteiger partial charge in [-0.05, 0) is 26.8 Å². The van der Waals surface area contributed by atoms with E-state index in [9.17, 15) is 4.79 Å². The Hall–Kier alpha value is -1.27. The van der Waals surface area contributed by atoms with Gasteiger partial charge in [0, 0.05) is 32.4 Å². The van der Waals surface area contributed by atoms with E-state index in [4.69, 9.17) is 16.3 Å². The predicted octanol–water partition coefficient (Wildman–Crippen LogP) is 1.58. The summed E-state index contributed by atoms with van der Waals surface area (Å²) >= 11 is 6.45. The SMILES string of the molecule is CC(C)(C)OC(=O)N1CCN(C2(Cl)C=CNC=N2)CC1. The number of piperazine rings is 1. The van der Waals surface area contributed by atoms with E-state index < -0.39 is 10.7 Å². The largest absolute Gasteiger partial charge is 0.444 e. The summed E-state index contributed by atoms with van der Waals surface area (Å²) in [6.07, 6.45) is 4.87. The van der Waals surface area contributed by atoms with Crippen LogP contribution in [0.15, 0.2) is 17.3 Å². The normalized spacial score (nSPS) is 27.3. The van der Waals surface area contributed by atoms with Crippen molar-refractivity contribution in [3.05, 3.63) is 12.3 Å². The number of hydrogen-bond donors (Lipinski definition) is 1. The van der Waals surface area contributed by atoms with Crippen molar-refractivity contribution in [2.24, 2.45) is 4.99 Å². The highest BCUT2D eigenvalue weighted by atomic mass is 35.5. The van der Waals surface area contributed by atoms with Gasteiger partial charge in [0.1, 0.15) is 5.60 Å². The first-order valence-electron chi connectivity index (χ1n) is 6.69. The van der Waals surface area contributed by atoms with Gasteiger partial charge in [-0.2, -0.15) is 0 Å². The first-order chi connectivity index (χ1) is 9.30. The van der Waals surface area contributed by atoms with E-state index in [1.54, 1.807) is 23.5 Å². The molecule has 0 saturated carbocycles. The van der Waals surface area contributed by atoms with E-state index in [1.807, 2.05) is 25.7 Å². The third kappa shape index (κ3) is 3.64. The topological polar surface area (TPSA) is 57.2 Å². The van der Waals surface area contributed by atoms with Crippen molar-refractivity contribution in [1.82, 2.24) is 15.1 Å². The zero-order valence-corrected chi connectivity index (χ0v) is 12.9. The number of halogens is 1. The van der Waals surface area contributed by atoms with Crippen LogP contribution in [0.5, 0.6) is 0 Å². The fourth-order valence-corrected chi connectivity index (χ4v) is 2.37. The van der Waals surface area contributed by atoms with Gasteiger partial charge in [-0.25, -0.2) is 9.79 Å². The molecule has 20 heavy (non-hydrogen) atoms. The lowest BCUT2D eigenvalue weighted by Crippen LogP contribution is -2.55. The summed E-state index contributed by atoms with van der Waals surface area (Å²) in [7, 11) is 0. The van der Waals surface area contributed by atoms with Gasteiger partial charge in [0.15, 0.2) is 0 Å². The second-order valence-corrected chi connectivity index (χ2v) is 6.41. The molecular weight excluding hydrogens is 280 g/mol. The van der Waals surface area contributed by atoms with Gasteiger partial charge < -0.3 is 15.0 Å². The monoisotopic (exact) mass is 300 g/mol. The lowest BCUT2D eigenvalue weighted by Gasteiger charge is -2.41. The number of alkyl halides is 1. The van der Waals surface area contributed by atoms with E-state index in [0.717, 1.165) is 0 Å². The highest BCUT2D eigenvalue weighted by Crippen LogP contribution is 2.27. The average molecular weight is 301 g/mol. The molecule has 2 aliphatic rings. The Labute approximate surface area is 124 Å². The van der Waals surface area contributed by atoms with Crippen molar-refractivity contribution < 1.29 is 9.53 Å². The van der Waals surface area contributed by atoms with Crippen LogP contribution in [0.4, 0.5) is 4.79 Å². The molecule has 6 nitrogen and oxygen atoms in total. The van der Waals surface area contributed by atoms with Crippen molar-refractivity contribution in [2.75, 3.05) is 26.2 Å². The molecule has 1 N–H and O–H groups in total. The Kier molecular flexibility index (Phi) is 4.25. The van der Waals surface area contributed by atoms with E-state index in [2.05, 4.69) is 10.3 Å². The second-order valence-electron chi connectivity index (χ2n) is 5.85. The summed E-state index contributed by atoms with van der Waals surface area (Å²) in [6, 6.07) is 0. The molecule has 0 spiro atoms. The Morgan fingerprint density at radius 2 is 2.00 bits per heavy atom. The Morgan fingerprint density at radius 1 is 1.35 bits per heavy atom. The van der Waals surface area contributed by atoms with Gasteiger partial charge >= 0.3 is 6.09 Å². The van der Waals surface area contributed by atoms with Gasteiger partial charge in [0.25, 0.3) is 0 Å². The molecule has 0 aromatic rings. The summed E-state index contributed by atoms with van der Waals surface area (Å²) in [6.45, 7) is 8.07. The fourth-order valence-electron chi connectivity index (χ4n) is 2.08. The highest BCUT2D eigenvalue weighted by molar-refractivity contribution is 6.25. The molecule has 1 saturated heterocycles. The molecule has 0 aromatic carbocycles. The minimum atomic E-state index is -0.842. The molecular formula is C13H21ClN4O2. The van der Waals surface area contributed by atoms with Crippen molar-refractivity contribution >= 4 is 24.0 Å². The number of carbonyl (C=O) groups is 1. The van der Waals surface area contributed by atoms with Crippen LogP contribution >= 0.6 is 11.6 Å². The fraction of sp³-hybridized carbons (Fsp3) is 0.692. The second kappa shape index (κ2) is 5.61. The van der Waals surface area contributed by atoms with Crippen LogP contribution in [0, 0.1) is 0 Å². The van der Waals surface area contributed by atoms with Crippen LogP contribution < -0.4 is 5.32 Å². The lowest BCUT2D eigenvalue weighted by molar-refractivity contribution is 0.0105. The average Bonchev–Trinajstić information content (AvgIpc) is 2.38. The van der Waals surface area contributed by atoms with E-state index in [-0.39, 0.29) is 6.09 Å². The van der Waals surface area contributed by atoms with E-state index in [1.165, 1.54) is 0 Å². The first kappa shape index (κ1) is 15.1. The van der Waals surface area contributed by atoms with Crippen LogP contribution in [-0.4, -0.2) is 59.1 Å². The standard InChI is InChI=1S/C13H21ClN4O2/c1-12(2,3)20-11(19)17-6-8-18(9-7-17)13(14)4-5-15-10-16-13/h4-5,10H,6-9H2,1-3H3,(H,15,16). The summed E-state index contributed by atoms with van der Waals surface area (Å²) in [4.78, 5) is 20.0. The van der Waals surface area contributed by atoms with Crippen LogP contribution in [-0.2, 0) is 4.74 Å². The van der Waals surface area contributed by atoms with Gasteiger partial charge in [-0.15, -0.1) is 0 Å². The number of carbonyl (C=O) groups excluding carboxylic acids is 1. The quantitative estimate of drug-likeness (QED) is 0.590. The third-order valence-electron chi connectivity index (χ3n) is 3.09. The number of hydrogen-bond acceptors (Lipinski definition) is 5. The number of amides is 1. The van der Waals surface area contributed by atoms with Crippen LogP contribution in [0.25, 0.3) is 0 Å². The zero-order chi connectivity index (χ0) is 14.8. The molecule has 0 aliphatic carbocycles. The minimum Gasteiger partial charge on any atom is -0.444 e. The summed E-state index contributed by atoms with van der Waals surface area (Å²) in [5, 5.41) is 2.02. The van der Waals surface area contributed by atoms with Crippen LogP contribution in [0.3, 0.4) is 0 Å². The first-order valence-corrected chi connectivity index (χ1v) is 7.07. The molecule has 0 radical (unpaired) electrons. The summed E-state index contributed by atoms with van der Waals surface area (Å²) in [5.41, 5.74) is -0.468. The molecule has 0 aromatic heterocycles. The Bertz CT molecular complexity index is 411. The van der Waals surface area contributed by atoms with Crippen molar-refractivity contribution in [1.29, 1.82) is 0 Å². The van der Waals surface area contributed by atoms with E-state index >= 15 is 0 Å². The van der Waals surface area contributed by atoms with Crippen molar-refractivity contribution in [3.63, 3.8) is 0 Å². The summed E-state index contributed by atoms with van der Waals surface area (Å²) < 4.78 is 5.36. The molecule has 1 unspecified atom stereocenters. The molecule has 2 heterocycles. The molecule has 2 rings (SSSR count). The molecule has 1 amide bonds. The van der Waals surface area contributed by atoms with Crippen molar-refractivity contribution in [3.8, 4) is 0 Å². The number of aliphatic imine (C=N–C) groups is 1. The molecule has 112 valence electrons. The Balaban J connectivity index is 1.89. The van der Waals surface area contributed by atoms with Gasteiger partial charge in [-0.3, -0.25) is 4.90 Å². The number of nitrogens with one attached hydrogen (secondary N) is 1. The number of nitrogens with zero attached hydrogens (tertiary/aromatic N) is 3. The van der Waals surface area contributed by atoms with Gasteiger partial charge in [0.05, 0.1) is 6.34 Å². The molecule has 1 fully saturated rings. The maximum atomic E-state index is 12.0. The maximum Gasteiger partial charge on any atom is 0.410 e. The summed E-state index contributed by atoms with van der Waals surface area (Å²) in [5.74, 6) is 0.